The van der Waals surface area contributed by atoms with Crippen molar-refractivity contribution in [3.63, 3.8) is 0 Å². The van der Waals surface area contributed by atoms with Crippen LogP contribution in [0, 0.1) is 5.82 Å². The Labute approximate surface area is 96.5 Å². The summed E-state index contributed by atoms with van der Waals surface area (Å²) in [4.78, 5) is 0. The van der Waals surface area contributed by atoms with Crippen molar-refractivity contribution in [2.75, 3.05) is 0 Å². The van der Waals surface area contributed by atoms with Crippen molar-refractivity contribution < 1.29 is 4.39 Å². The van der Waals surface area contributed by atoms with Crippen LogP contribution in [0.2, 0.25) is 0 Å². The van der Waals surface area contributed by atoms with E-state index in [4.69, 9.17) is 11.6 Å². The van der Waals surface area contributed by atoms with Crippen molar-refractivity contribution in [1.29, 1.82) is 0 Å². The average Bonchev–Trinajstić information content (AvgIpc) is 2.25. The number of hydrogen-bond donors (Lipinski definition) is 0. The second kappa shape index (κ2) is 6.84. The van der Waals surface area contributed by atoms with E-state index in [-0.39, 0.29) is 11.2 Å². The van der Waals surface area contributed by atoms with Gasteiger partial charge >= 0.3 is 0 Å². The third kappa shape index (κ3) is 4.65. The van der Waals surface area contributed by atoms with E-state index in [1.54, 1.807) is 12.1 Å². The highest BCUT2D eigenvalue weighted by atomic mass is 35.5. The van der Waals surface area contributed by atoms with E-state index in [1.165, 1.54) is 31.4 Å². The van der Waals surface area contributed by atoms with E-state index in [9.17, 15) is 4.39 Å². The van der Waals surface area contributed by atoms with Crippen LogP contribution in [0.25, 0.3) is 0 Å². The van der Waals surface area contributed by atoms with Crippen LogP contribution in [0.1, 0.15) is 50.0 Å². The molecule has 0 saturated carbocycles. The third-order valence-corrected chi connectivity index (χ3v) is 3.01. The molecule has 1 aromatic rings. The maximum atomic E-state index is 12.7. The number of benzene rings is 1. The lowest BCUT2D eigenvalue weighted by Crippen LogP contribution is -1.91. The van der Waals surface area contributed by atoms with Gasteiger partial charge in [0.25, 0.3) is 0 Å². The van der Waals surface area contributed by atoms with Gasteiger partial charge in [-0.15, -0.1) is 11.6 Å². The molecule has 84 valence electrons. The molecule has 0 aliphatic rings. The zero-order valence-electron chi connectivity index (χ0n) is 9.18. The Kier molecular flexibility index (Phi) is 5.70. The van der Waals surface area contributed by atoms with Gasteiger partial charge in [0.05, 0.1) is 5.38 Å². The molecule has 0 radical (unpaired) electrons. The summed E-state index contributed by atoms with van der Waals surface area (Å²) < 4.78 is 12.7. The summed E-state index contributed by atoms with van der Waals surface area (Å²) in [6.07, 6.45) is 5.88. The summed E-state index contributed by atoms with van der Waals surface area (Å²) in [6, 6.07) is 6.48. The molecule has 0 aliphatic carbocycles. The Bertz CT molecular complexity index is 268. The van der Waals surface area contributed by atoms with Crippen molar-refractivity contribution in [3.05, 3.63) is 35.6 Å². The lowest BCUT2D eigenvalue weighted by Gasteiger charge is -2.09. The molecule has 1 atom stereocenters. The van der Waals surface area contributed by atoms with Crippen LogP contribution in [-0.4, -0.2) is 0 Å². The standard InChI is InChI=1S/C13H18ClF/c1-2-3-4-5-6-13(14)11-7-9-12(15)10-8-11/h7-10,13H,2-6H2,1H3. The van der Waals surface area contributed by atoms with E-state index in [0.29, 0.717) is 0 Å². The molecule has 1 rings (SSSR count). The number of halogens is 2. The number of unbranched alkanes of at least 4 members (excludes halogenated alkanes) is 3. The highest BCUT2D eigenvalue weighted by Crippen LogP contribution is 2.26. The first kappa shape index (κ1) is 12.5. The number of hydrogen-bond acceptors (Lipinski definition) is 0. The van der Waals surface area contributed by atoms with Crippen molar-refractivity contribution in [2.45, 2.75) is 44.4 Å². The van der Waals surface area contributed by atoms with Gasteiger partial charge in [0.15, 0.2) is 0 Å². The SMILES string of the molecule is CCCCCCC(Cl)c1ccc(F)cc1. The van der Waals surface area contributed by atoms with Gasteiger partial charge in [-0.05, 0) is 24.1 Å². The minimum atomic E-state index is -0.200. The van der Waals surface area contributed by atoms with Crippen LogP contribution < -0.4 is 0 Å². The molecule has 1 unspecified atom stereocenters. The van der Waals surface area contributed by atoms with Crippen LogP contribution in [0.4, 0.5) is 4.39 Å². The fourth-order valence-electron chi connectivity index (χ4n) is 1.59. The van der Waals surface area contributed by atoms with Gasteiger partial charge in [-0.3, -0.25) is 0 Å². The third-order valence-electron chi connectivity index (χ3n) is 2.54. The summed E-state index contributed by atoms with van der Waals surface area (Å²) >= 11 is 6.22. The van der Waals surface area contributed by atoms with Gasteiger partial charge in [0.1, 0.15) is 5.82 Å². The molecule has 1 aromatic carbocycles. The molecule has 0 aromatic heterocycles. The normalized spacial score (nSPS) is 12.7. The van der Waals surface area contributed by atoms with E-state index in [1.807, 2.05) is 0 Å². The highest BCUT2D eigenvalue weighted by Gasteiger charge is 2.06. The van der Waals surface area contributed by atoms with Crippen LogP contribution >= 0.6 is 11.6 Å². The molecule has 0 aliphatic heterocycles. The lowest BCUT2D eigenvalue weighted by molar-refractivity contribution is 0.617. The van der Waals surface area contributed by atoms with Gasteiger partial charge < -0.3 is 0 Å². The van der Waals surface area contributed by atoms with Crippen LogP contribution in [0.5, 0.6) is 0 Å². The van der Waals surface area contributed by atoms with E-state index >= 15 is 0 Å². The smallest absolute Gasteiger partial charge is 0.123 e. The molecule has 2 heteroatoms. The maximum absolute atomic E-state index is 12.7. The van der Waals surface area contributed by atoms with E-state index in [2.05, 4.69) is 6.92 Å². The molecule has 0 fully saturated rings. The van der Waals surface area contributed by atoms with Crippen LogP contribution in [0.15, 0.2) is 24.3 Å². The first-order valence-corrected chi connectivity index (χ1v) is 6.07. The Morgan fingerprint density at radius 3 is 2.40 bits per heavy atom. The van der Waals surface area contributed by atoms with Crippen molar-refractivity contribution >= 4 is 11.6 Å². The molecular weight excluding hydrogens is 211 g/mol. The molecular formula is C13H18ClF. The zero-order valence-corrected chi connectivity index (χ0v) is 9.93. The predicted molar refractivity (Wildman–Crippen MR) is 63.8 cm³/mol. The van der Waals surface area contributed by atoms with E-state index < -0.39 is 0 Å². The quantitative estimate of drug-likeness (QED) is 0.471. The van der Waals surface area contributed by atoms with Gasteiger partial charge in [0, 0.05) is 0 Å². The molecule has 0 heterocycles. The maximum Gasteiger partial charge on any atom is 0.123 e. The molecule has 0 N–H and O–H groups in total. The first-order valence-electron chi connectivity index (χ1n) is 5.63. The van der Waals surface area contributed by atoms with Gasteiger partial charge in [-0.2, -0.15) is 0 Å². The second-order valence-electron chi connectivity index (χ2n) is 3.87. The topological polar surface area (TPSA) is 0 Å². The average molecular weight is 229 g/mol. The summed E-state index contributed by atoms with van der Waals surface area (Å²) in [7, 11) is 0. The van der Waals surface area contributed by atoms with E-state index in [0.717, 1.165) is 18.4 Å². The Morgan fingerprint density at radius 2 is 1.80 bits per heavy atom. The number of rotatable bonds is 6. The monoisotopic (exact) mass is 228 g/mol. The number of alkyl halides is 1. The fourth-order valence-corrected chi connectivity index (χ4v) is 1.89. The van der Waals surface area contributed by atoms with Crippen molar-refractivity contribution in [1.82, 2.24) is 0 Å². The Morgan fingerprint density at radius 1 is 1.13 bits per heavy atom. The minimum absolute atomic E-state index is 0.0301. The van der Waals surface area contributed by atoms with Crippen molar-refractivity contribution in [2.24, 2.45) is 0 Å². The molecule has 0 saturated heterocycles. The lowest BCUT2D eigenvalue weighted by atomic mass is 10.1. The summed E-state index contributed by atoms with van der Waals surface area (Å²) in [6.45, 7) is 2.19. The summed E-state index contributed by atoms with van der Waals surface area (Å²) in [5.74, 6) is -0.200. The zero-order chi connectivity index (χ0) is 11.1. The van der Waals surface area contributed by atoms with Gasteiger partial charge in [-0.1, -0.05) is 44.7 Å². The van der Waals surface area contributed by atoms with Crippen LogP contribution in [0.3, 0.4) is 0 Å². The molecule has 0 nitrogen and oxygen atoms in total. The molecule has 15 heavy (non-hydrogen) atoms. The first-order chi connectivity index (χ1) is 7.24. The Balaban J connectivity index is 2.33. The highest BCUT2D eigenvalue weighted by molar-refractivity contribution is 6.20. The minimum Gasteiger partial charge on any atom is -0.207 e. The van der Waals surface area contributed by atoms with Crippen molar-refractivity contribution in [3.8, 4) is 0 Å². The van der Waals surface area contributed by atoms with Gasteiger partial charge in [-0.25, -0.2) is 4.39 Å². The van der Waals surface area contributed by atoms with Crippen LogP contribution in [-0.2, 0) is 0 Å². The predicted octanol–water partition coefficient (Wildman–Crippen LogP) is 5.08. The molecule has 0 bridgehead atoms. The fraction of sp³-hybridized carbons (Fsp3) is 0.538. The second-order valence-corrected chi connectivity index (χ2v) is 4.40. The summed E-state index contributed by atoms with van der Waals surface area (Å²) in [5, 5.41) is 0.0301. The largest absolute Gasteiger partial charge is 0.207 e. The Hall–Kier alpha value is -0.560. The summed E-state index contributed by atoms with van der Waals surface area (Å²) in [5.41, 5.74) is 1.02. The molecule has 0 spiro atoms. The molecule has 0 amide bonds. The van der Waals surface area contributed by atoms with Gasteiger partial charge in [0.2, 0.25) is 0 Å².